The molecule has 0 spiro atoms. The molecular weight excluding hydrogens is 458 g/mol. The molecular formula is C29H41NO4S. The summed E-state index contributed by atoms with van der Waals surface area (Å²) in [6, 6.07) is 19.6. The Kier molecular flexibility index (Phi) is 11.7. The third-order valence-corrected chi connectivity index (χ3v) is 7.23. The van der Waals surface area contributed by atoms with Crippen molar-refractivity contribution in [2.24, 2.45) is 0 Å². The van der Waals surface area contributed by atoms with E-state index in [1.54, 1.807) is 6.07 Å². The number of hydrogen-bond donors (Lipinski definition) is 1. The van der Waals surface area contributed by atoms with Crippen LogP contribution in [0.1, 0.15) is 64.9 Å². The number of aromatic hydroxyl groups is 1. The highest BCUT2D eigenvalue weighted by Crippen LogP contribution is 2.23. The Bertz CT molecular complexity index is 1110. The smallest absolute Gasteiger partial charge is 0.124 e. The van der Waals surface area contributed by atoms with Gasteiger partial charge in [0.1, 0.15) is 22.4 Å². The van der Waals surface area contributed by atoms with E-state index in [9.17, 15) is 18.1 Å². The SMILES string of the molecule is CCCC[N+](CCCC)(CCCC)Cc1ccccc1.O=S(=O)([O-])c1ccc2cc(O)ccc2c1. The van der Waals surface area contributed by atoms with Crippen LogP contribution in [0.25, 0.3) is 10.8 Å². The van der Waals surface area contributed by atoms with Crippen LogP contribution in [0.15, 0.2) is 71.6 Å². The predicted molar refractivity (Wildman–Crippen MR) is 143 cm³/mol. The van der Waals surface area contributed by atoms with Crippen molar-refractivity contribution in [2.75, 3.05) is 19.6 Å². The van der Waals surface area contributed by atoms with Gasteiger partial charge in [-0.25, -0.2) is 8.42 Å². The van der Waals surface area contributed by atoms with E-state index >= 15 is 0 Å². The minimum absolute atomic E-state index is 0.0974. The molecule has 3 rings (SSSR count). The molecule has 0 aliphatic carbocycles. The number of phenolic OH excluding ortho intramolecular Hbond substituents is 1. The lowest BCUT2D eigenvalue weighted by Gasteiger charge is -2.39. The van der Waals surface area contributed by atoms with Gasteiger partial charge in [0, 0.05) is 5.56 Å². The van der Waals surface area contributed by atoms with Gasteiger partial charge in [0.2, 0.25) is 0 Å². The highest BCUT2D eigenvalue weighted by molar-refractivity contribution is 7.85. The number of nitrogens with zero attached hydrogens (tertiary/aromatic N) is 1. The van der Waals surface area contributed by atoms with Gasteiger partial charge in [-0.3, -0.25) is 0 Å². The van der Waals surface area contributed by atoms with Crippen molar-refractivity contribution < 1.29 is 22.6 Å². The lowest BCUT2D eigenvalue weighted by molar-refractivity contribution is -0.941. The van der Waals surface area contributed by atoms with Crippen LogP contribution >= 0.6 is 0 Å². The van der Waals surface area contributed by atoms with E-state index in [4.69, 9.17) is 0 Å². The molecule has 0 fully saturated rings. The molecule has 0 amide bonds. The average Bonchev–Trinajstić information content (AvgIpc) is 2.85. The number of unbranched alkanes of at least 4 members (excludes halogenated alkanes) is 3. The van der Waals surface area contributed by atoms with E-state index in [1.807, 2.05) is 0 Å². The second-order valence-corrected chi connectivity index (χ2v) is 10.7. The van der Waals surface area contributed by atoms with Crippen molar-refractivity contribution in [2.45, 2.75) is 70.7 Å². The normalized spacial score (nSPS) is 11.8. The first-order valence-electron chi connectivity index (χ1n) is 12.8. The molecule has 6 heteroatoms. The van der Waals surface area contributed by atoms with Crippen LogP contribution in [0.4, 0.5) is 0 Å². The Morgan fingerprint density at radius 3 is 1.77 bits per heavy atom. The van der Waals surface area contributed by atoms with Gasteiger partial charge in [0.25, 0.3) is 0 Å². The fourth-order valence-corrected chi connectivity index (χ4v) is 4.90. The first kappa shape index (κ1) is 28.8. The van der Waals surface area contributed by atoms with Crippen molar-refractivity contribution in [3.8, 4) is 5.75 Å². The quantitative estimate of drug-likeness (QED) is 0.218. The molecule has 192 valence electrons. The molecule has 3 aromatic rings. The van der Waals surface area contributed by atoms with Crippen molar-refractivity contribution >= 4 is 20.9 Å². The van der Waals surface area contributed by atoms with Crippen LogP contribution in [0.2, 0.25) is 0 Å². The number of fused-ring (bicyclic) bond motifs is 1. The molecule has 0 unspecified atom stereocenters. The van der Waals surface area contributed by atoms with Crippen LogP contribution in [-0.2, 0) is 16.7 Å². The molecule has 35 heavy (non-hydrogen) atoms. The number of benzene rings is 3. The van der Waals surface area contributed by atoms with Gasteiger partial charge in [0.05, 0.1) is 24.5 Å². The molecule has 0 atom stereocenters. The summed E-state index contributed by atoms with van der Waals surface area (Å²) in [4.78, 5) is -0.263. The molecule has 1 N–H and O–H groups in total. The second-order valence-electron chi connectivity index (χ2n) is 9.36. The molecule has 5 nitrogen and oxygen atoms in total. The number of quaternary nitrogens is 1. The highest BCUT2D eigenvalue weighted by atomic mass is 32.2. The predicted octanol–water partition coefficient (Wildman–Crippen LogP) is 6.85. The standard InChI is InChI=1S/C19H34N.C10H8O4S/c1-4-7-15-20(16-8-5-2,17-9-6-3)18-19-13-11-10-12-14-19;11-9-3-1-8-6-10(15(12,13)14)4-2-7(8)5-9/h10-14H,4-9,15-18H2,1-3H3;1-6,11H,(H,12,13,14)/q+1;/p-1. The minimum Gasteiger partial charge on any atom is -0.744 e. The van der Waals surface area contributed by atoms with Gasteiger partial charge in [-0.2, -0.15) is 0 Å². The van der Waals surface area contributed by atoms with Gasteiger partial charge < -0.3 is 14.1 Å². The summed E-state index contributed by atoms with van der Waals surface area (Å²) >= 11 is 0. The van der Waals surface area contributed by atoms with Crippen LogP contribution in [-0.4, -0.2) is 42.2 Å². The third-order valence-electron chi connectivity index (χ3n) is 6.40. The third kappa shape index (κ3) is 9.63. The zero-order valence-electron chi connectivity index (χ0n) is 21.4. The maximum Gasteiger partial charge on any atom is 0.124 e. The van der Waals surface area contributed by atoms with E-state index in [1.165, 1.54) is 105 Å². The zero-order valence-corrected chi connectivity index (χ0v) is 22.3. The average molecular weight is 500 g/mol. The first-order chi connectivity index (χ1) is 16.7. The van der Waals surface area contributed by atoms with Gasteiger partial charge in [-0.1, -0.05) is 82.5 Å². The summed E-state index contributed by atoms with van der Waals surface area (Å²) < 4.78 is 33.5. The monoisotopic (exact) mass is 499 g/mol. The maximum atomic E-state index is 10.7. The van der Waals surface area contributed by atoms with Crippen molar-refractivity contribution in [1.29, 1.82) is 0 Å². The van der Waals surface area contributed by atoms with Gasteiger partial charge in [-0.05, 0) is 54.3 Å². The van der Waals surface area contributed by atoms with E-state index in [-0.39, 0.29) is 10.6 Å². The second kappa shape index (κ2) is 14.2. The Morgan fingerprint density at radius 1 is 0.743 bits per heavy atom. The Hall–Kier alpha value is -2.41. The Labute approximate surface area is 211 Å². The number of phenols is 1. The molecule has 0 aliphatic rings. The van der Waals surface area contributed by atoms with E-state index in [0.717, 1.165) is 0 Å². The van der Waals surface area contributed by atoms with Crippen LogP contribution in [0.3, 0.4) is 0 Å². The molecule has 0 bridgehead atoms. The summed E-state index contributed by atoms with van der Waals surface area (Å²) in [6.07, 6.45) is 8.02. The summed E-state index contributed by atoms with van der Waals surface area (Å²) in [7, 11) is -4.42. The maximum absolute atomic E-state index is 10.7. The first-order valence-corrected chi connectivity index (χ1v) is 14.2. The molecule has 3 aromatic carbocycles. The Balaban J connectivity index is 0.000000256. The summed E-state index contributed by atoms with van der Waals surface area (Å²) in [5, 5.41) is 10.5. The van der Waals surface area contributed by atoms with E-state index < -0.39 is 10.1 Å². The Morgan fingerprint density at radius 2 is 1.26 bits per heavy atom. The molecule has 0 saturated heterocycles. The van der Waals surface area contributed by atoms with Crippen molar-refractivity contribution in [1.82, 2.24) is 0 Å². The lowest BCUT2D eigenvalue weighted by Crippen LogP contribution is -2.49. The molecule has 0 radical (unpaired) electrons. The molecule has 0 heterocycles. The summed E-state index contributed by atoms with van der Waals surface area (Å²) in [6.45, 7) is 12.2. The lowest BCUT2D eigenvalue weighted by atomic mass is 10.1. The minimum atomic E-state index is -4.42. The largest absolute Gasteiger partial charge is 0.744 e. The summed E-state index contributed by atoms with van der Waals surface area (Å²) in [5.74, 6) is 0.0974. The van der Waals surface area contributed by atoms with E-state index in [2.05, 4.69) is 51.1 Å². The zero-order chi connectivity index (χ0) is 25.7. The van der Waals surface area contributed by atoms with Crippen LogP contribution in [0, 0.1) is 0 Å². The number of rotatable bonds is 12. The van der Waals surface area contributed by atoms with Gasteiger partial charge >= 0.3 is 0 Å². The molecule has 0 aromatic heterocycles. The molecule has 0 saturated carbocycles. The molecule has 0 aliphatic heterocycles. The van der Waals surface area contributed by atoms with Crippen molar-refractivity contribution in [3.05, 3.63) is 72.3 Å². The topological polar surface area (TPSA) is 77.4 Å². The fourth-order valence-electron chi connectivity index (χ4n) is 4.39. The number of hydrogen-bond acceptors (Lipinski definition) is 4. The van der Waals surface area contributed by atoms with Crippen LogP contribution < -0.4 is 0 Å². The van der Waals surface area contributed by atoms with Gasteiger partial charge in [-0.15, -0.1) is 0 Å². The van der Waals surface area contributed by atoms with Crippen molar-refractivity contribution in [3.63, 3.8) is 0 Å². The fraction of sp³-hybridized carbons (Fsp3) is 0.448. The highest BCUT2D eigenvalue weighted by Gasteiger charge is 2.26. The van der Waals surface area contributed by atoms with Crippen LogP contribution in [0.5, 0.6) is 5.75 Å². The van der Waals surface area contributed by atoms with E-state index in [0.29, 0.717) is 10.8 Å². The van der Waals surface area contributed by atoms with Gasteiger partial charge in [0.15, 0.2) is 0 Å². The summed E-state index contributed by atoms with van der Waals surface area (Å²) in [5.41, 5.74) is 1.51.